The van der Waals surface area contributed by atoms with E-state index in [0.29, 0.717) is 23.1 Å². The van der Waals surface area contributed by atoms with Crippen LogP contribution in [0, 0.1) is 6.92 Å². The zero-order chi connectivity index (χ0) is 18.8. The van der Waals surface area contributed by atoms with Gasteiger partial charge in [0, 0.05) is 16.0 Å². The summed E-state index contributed by atoms with van der Waals surface area (Å²) in [6.45, 7) is 4.35. The maximum Gasteiger partial charge on any atom is 0.307 e. The van der Waals surface area contributed by atoms with Crippen LogP contribution >= 0.6 is 11.6 Å². The third-order valence-electron chi connectivity index (χ3n) is 4.36. The molecular formula is C20H20ClNO4. The fourth-order valence-electron chi connectivity index (χ4n) is 3.11. The number of hydrogen-bond donors (Lipinski definition) is 2. The normalized spacial score (nSPS) is 10.9. The molecule has 26 heavy (non-hydrogen) atoms. The molecule has 3 aromatic rings. The van der Waals surface area contributed by atoms with Crippen LogP contribution in [0.5, 0.6) is 11.5 Å². The number of carbonyl (C=O) groups is 1. The first-order valence-corrected chi connectivity index (χ1v) is 8.66. The highest BCUT2D eigenvalue weighted by Gasteiger charge is 2.19. The van der Waals surface area contributed by atoms with Crippen molar-refractivity contribution in [2.45, 2.75) is 20.3 Å². The van der Waals surface area contributed by atoms with Crippen LogP contribution in [0.1, 0.15) is 18.1 Å². The number of aryl methyl sites for hydroxylation is 1. The number of aliphatic carboxylic acids is 1. The van der Waals surface area contributed by atoms with E-state index < -0.39 is 5.97 Å². The Bertz CT molecular complexity index is 978. The van der Waals surface area contributed by atoms with E-state index in [1.165, 1.54) is 0 Å². The number of aromatic nitrogens is 1. The van der Waals surface area contributed by atoms with E-state index in [4.69, 9.17) is 21.1 Å². The van der Waals surface area contributed by atoms with Crippen LogP contribution in [-0.2, 0) is 11.2 Å². The molecule has 0 atom stereocenters. The van der Waals surface area contributed by atoms with Gasteiger partial charge in [-0.05, 0) is 49.2 Å². The number of carboxylic acids is 1. The Labute approximate surface area is 156 Å². The summed E-state index contributed by atoms with van der Waals surface area (Å²) in [5, 5.41) is 10.9. The van der Waals surface area contributed by atoms with Gasteiger partial charge >= 0.3 is 5.97 Å². The average molecular weight is 374 g/mol. The summed E-state index contributed by atoms with van der Waals surface area (Å²) in [6, 6.07) is 9.21. The Balaban J connectivity index is 2.23. The molecule has 0 aliphatic heterocycles. The molecule has 0 saturated carbocycles. The maximum atomic E-state index is 11.4. The summed E-state index contributed by atoms with van der Waals surface area (Å²) in [5.74, 6) is 0.352. The van der Waals surface area contributed by atoms with Gasteiger partial charge in [-0.3, -0.25) is 4.79 Å². The van der Waals surface area contributed by atoms with Gasteiger partial charge in [0.25, 0.3) is 0 Å². The number of benzene rings is 2. The molecule has 0 bridgehead atoms. The van der Waals surface area contributed by atoms with Gasteiger partial charge in [0.05, 0.1) is 31.3 Å². The molecule has 6 heteroatoms. The molecule has 0 aliphatic carbocycles. The highest BCUT2D eigenvalue weighted by atomic mass is 35.5. The number of ether oxygens (including phenoxy) is 2. The molecule has 0 amide bonds. The standard InChI is InChI=1S/C20H20ClNO4/c1-4-26-16-8-5-12(9-17(16)25-3)20-14(10-18(23)24)13-6-7-15(21)11(2)19(13)22-20/h5-9,22H,4,10H2,1-3H3,(H,23,24). The number of fused-ring (bicyclic) bond motifs is 1. The Morgan fingerprint density at radius 3 is 2.65 bits per heavy atom. The number of halogens is 1. The van der Waals surface area contributed by atoms with Gasteiger partial charge in [0.2, 0.25) is 0 Å². The van der Waals surface area contributed by atoms with Crippen molar-refractivity contribution in [2.24, 2.45) is 0 Å². The molecule has 1 heterocycles. The SMILES string of the molecule is CCOc1ccc(-c2[nH]c3c(C)c(Cl)ccc3c2CC(=O)O)cc1OC. The molecule has 0 radical (unpaired) electrons. The van der Waals surface area contributed by atoms with Crippen molar-refractivity contribution in [3.63, 3.8) is 0 Å². The van der Waals surface area contributed by atoms with E-state index in [0.717, 1.165) is 33.3 Å². The first-order chi connectivity index (χ1) is 12.5. The summed E-state index contributed by atoms with van der Waals surface area (Å²) in [4.78, 5) is 14.8. The van der Waals surface area contributed by atoms with Crippen LogP contribution < -0.4 is 9.47 Å². The predicted octanol–water partition coefficient (Wildman–Crippen LogP) is 4.83. The largest absolute Gasteiger partial charge is 0.493 e. The Morgan fingerprint density at radius 2 is 2.00 bits per heavy atom. The summed E-state index contributed by atoms with van der Waals surface area (Å²) in [7, 11) is 1.58. The third-order valence-corrected chi connectivity index (χ3v) is 4.77. The Kier molecular flexibility index (Phi) is 5.09. The van der Waals surface area contributed by atoms with Crippen LogP contribution in [0.3, 0.4) is 0 Å². The van der Waals surface area contributed by atoms with Crippen molar-refractivity contribution < 1.29 is 19.4 Å². The monoisotopic (exact) mass is 373 g/mol. The minimum Gasteiger partial charge on any atom is -0.493 e. The van der Waals surface area contributed by atoms with Gasteiger partial charge in [-0.2, -0.15) is 0 Å². The number of H-pyrrole nitrogens is 1. The lowest BCUT2D eigenvalue weighted by molar-refractivity contribution is -0.136. The lowest BCUT2D eigenvalue weighted by atomic mass is 10.0. The van der Waals surface area contributed by atoms with Crippen LogP contribution in [-0.4, -0.2) is 29.8 Å². The molecule has 1 aromatic heterocycles. The van der Waals surface area contributed by atoms with E-state index in [-0.39, 0.29) is 6.42 Å². The first-order valence-electron chi connectivity index (χ1n) is 8.28. The van der Waals surface area contributed by atoms with Gasteiger partial charge in [-0.15, -0.1) is 0 Å². The van der Waals surface area contributed by atoms with E-state index in [1.54, 1.807) is 13.2 Å². The molecule has 0 aliphatic rings. The minimum absolute atomic E-state index is 0.0913. The molecule has 0 fully saturated rings. The number of nitrogens with one attached hydrogen (secondary N) is 1. The van der Waals surface area contributed by atoms with Crippen molar-refractivity contribution in [3.8, 4) is 22.8 Å². The van der Waals surface area contributed by atoms with Gasteiger partial charge in [-0.25, -0.2) is 0 Å². The number of carboxylic acid groups (broad SMARTS) is 1. The Morgan fingerprint density at radius 1 is 1.23 bits per heavy atom. The van der Waals surface area contributed by atoms with E-state index in [9.17, 15) is 9.90 Å². The molecule has 5 nitrogen and oxygen atoms in total. The second-order valence-corrected chi connectivity index (χ2v) is 6.35. The van der Waals surface area contributed by atoms with E-state index in [2.05, 4.69) is 4.98 Å². The maximum absolute atomic E-state index is 11.4. The average Bonchev–Trinajstić information content (AvgIpc) is 2.97. The summed E-state index contributed by atoms with van der Waals surface area (Å²) < 4.78 is 11.0. The van der Waals surface area contributed by atoms with Crippen molar-refractivity contribution in [1.29, 1.82) is 0 Å². The van der Waals surface area contributed by atoms with Crippen molar-refractivity contribution in [1.82, 2.24) is 4.98 Å². The van der Waals surface area contributed by atoms with E-state index in [1.807, 2.05) is 38.1 Å². The second kappa shape index (κ2) is 7.30. The van der Waals surface area contributed by atoms with Crippen LogP contribution in [0.25, 0.3) is 22.2 Å². The van der Waals surface area contributed by atoms with Crippen LogP contribution in [0.4, 0.5) is 0 Å². The zero-order valence-electron chi connectivity index (χ0n) is 14.9. The Hall–Kier alpha value is -2.66. The topological polar surface area (TPSA) is 71.6 Å². The van der Waals surface area contributed by atoms with Gasteiger partial charge in [-0.1, -0.05) is 17.7 Å². The van der Waals surface area contributed by atoms with Crippen molar-refractivity contribution >= 4 is 28.5 Å². The lowest BCUT2D eigenvalue weighted by Crippen LogP contribution is -2.01. The van der Waals surface area contributed by atoms with Crippen molar-refractivity contribution in [2.75, 3.05) is 13.7 Å². The predicted molar refractivity (Wildman–Crippen MR) is 103 cm³/mol. The summed E-state index contributed by atoms with van der Waals surface area (Å²) in [5.41, 5.74) is 4.03. The molecule has 136 valence electrons. The van der Waals surface area contributed by atoms with Gasteiger partial charge in [0.1, 0.15) is 0 Å². The van der Waals surface area contributed by atoms with Gasteiger partial charge < -0.3 is 19.6 Å². The molecule has 2 aromatic carbocycles. The van der Waals surface area contributed by atoms with Gasteiger partial charge in [0.15, 0.2) is 11.5 Å². The molecule has 0 unspecified atom stereocenters. The number of hydrogen-bond acceptors (Lipinski definition) is 3. The summed E-state index contributed by atoms with van der Waals surface area (Å²) >= 11 is 6.23. The fraction of sp³-hybridized carbons (Fsp3) is 0.250. The molecule has 0 spiro atoms. The molecule has 2 N–H and O–H groups in total. The highest BCUT2D eigenvalue weighted by molar-refractivity contribution is 6.32. The summed E-state index contributed by atoms with van der Waals surface area (Å²) in [6.07, 6.45) is -0.0913. The van der Waals surface area contributed by atoms with Crippen LogP contribution in [0.15, 0.2) is 30.3 Å². The number of rotatable bonds is 6. The quantitative estimate of drug-likeness (QED) is 0.649. The minimum atomic E-state index is -0.891. The fourth-order valence-corrected chi connectivity index (χ4v) is 3.27. The molecule has 0 saturated heterocycles. The zero-order valence-corrected chi connectivity index (χ0v) is 15.6. The third kappa shape index (κ3) is 3.22. The smallest absolute Gasteiger partial charge is 0.307 e. The second-order valence-electron chi connectivity index (χ2n) is 5.94. The number of aromatic amines is 1. The molecular weight excluding hydrogens is 354 g/mol. The van der Waals surface area contributed by atoms with Crippen LogP contribution in [0.2, 0.25) is 5.02 Å². The first kappa shape index (κ1) is 18.1. The van der Waals surface area contributed by atoms with Crippen molar-refractivity contribution in [3.05, 3.63) is 46.5 Å². The number of methoxy groups -OCH3 is 1. The van der Waals surface area contributed by atoms with E-state index >= 15 is 0 Å². The molecule has 3 rings (SSSR count). The highest BCUT2D eigenvalue weighted by Crippen LogP contribution is 2.38. The lowest BCUT2D eigenvalue weighted by Gasteiger charge is -2.11.